The van der Waals surface area contributed by atoms with Crippen molar-refractivity contribution in [3.63, 3.8) is 0 Å². The molecule has 0 saturated carbocycles. The van der Waals surface area contributed by atoms with E-state index in [0.717, 1.165) is 11.4 Å². The maximum atomic E-state index is 3.83. The highest BCUT2D eigenvalue weighted by atomic mass is 14.9. The second-order valence-corrected chi connectivity index (χ2v) is 9.52. The molecule has 1 N–H and O–H groups in total. The first-order valence-electron chi connectivity index (χ1n) is 11.9. The predicted molar refractivity (Wildman–Crippen MR) is 145 cm³/mol. The summed E-state index contributed by atoms with van der Waals surface area (Å²) < 4.78 is 0. The summed E-state index contributed by atoms with van der Waals surface area (Å²) >= 11 is 0. The Morgan fingerprint density at radius 1 is 0.441 bits per heavy atom. The number of benzene rings is 5. The fourth-order valence-electron chi connectivity index (χ4n) is 5.31. The summed E-state index contributed by atoms with van der Waals surface area (Å²) in [5.74, 6) is 0. The zero-order valence-electron chi connectivity index (χ0n) is 19.5. The molecule has 0 atom stereocenters. The van der Waals surface area contributed by atoms with E-state index in [1.54, 1.807) is 0 Å². The van der Waals surface area contributed by atoms with Crippen LogP contribution >= 0.6 is 0 Å². The Hall–Kier alpha value is -4.10. The van der Waals surface area contributed by atoms with E-state index < -0.39 is 0 Å². The number of fused-ring (bicyclic) bond motifs is 3. The van der Waals surface area contributed by atoms with Gasteiger partial charge >= 0.3 is 0 Å². The van der Waals surface area contributed by atoms with Crippen LogP contribution in [0.25, 0.3) is 33.4 Å². The van der Waals surface area contributed by atoms with E-state index >= 15 is 0 Å². The van der Waals surface area contributed by atoms with Gasteiger partial charge in [0.15, 0.2) is 0 Å². The van der Waals surface area contributed by atoms with Crippen molar-refractivity contribution in [2.45, 2.75) is 19.3 Å². The first-order chi connectivity index (χ1) is 16.6. The smallest absolute Gasteiger partial charge is 0.0470 e. The molecule has 0 amide bonds. The lowest BCUT2D eigenvalue weighted by Crippen LogP contribution is -2.15. The van der Waals surface area contributed by atoms with Gasteiger partial charge in [-0.25, -0.2) is 0 Å². The Bertz CT molecular complexity index is 1480. The molecule has 5 aromatic rings. The third kappa shape index (κ3) is 3.33. The molecule has 0 saturated heterocycles. The molecule has 0 aromatic heterocycles. The minimum absolute atomic E-state index is 0.0318. The normalized spacial score (nSPS) is 13.2. The lowest BCUT2D eigenvalue weighted by atomic mass is 9.81. The molecule has 0 radical (unpaired) electrons. The summed E-state index contributed by atoms with van der Waals surface area (Å²) in [4.78, 5) is 0. The molecule has 1 aliphatic carbocycles. The van der Waals surface area contributed by atoms with Gasteiger partial charge < -0.3 is 5.32 Å². The molecule has 0 fully saturated rings. The van der Waals surface area contributed by atoms with Crippen LogP contribution < -0.4 is 5.32 Å². The SMILES string of the molecule is CC1(C)c2ccccc2-c2cc(Nc3ccccc3-c3ccccc3)c(-c3ccccc3)cc21. The Morgan fingerprint density at radius 3 is 1.71 bits per heavy atom. The van der Waals surface area contributed by atoms with Crippen molar-refractivity contribution in [1.82, 2.24) is 0 Å². The van der Waals surface area contributed by atoms with Crippen LogP contribution in [0.2, 0.25) is 0 Å². The van der Waals surface area contributed by atoms with Crippen molar-refractivity contribution in [2.24, 2.45) is 0 Å². The number of nitrogens with one attached hydrogen (secondary N) is 1. The van der Waals surface area contributed by atoms with E-state index in [0.29, 0.717) is 0 Å². The van der Waals surface area contributed by atoms with E-state index in [4.69, 9.17) is 0 Å². The molecule has 6 rings (SSSR count). The van der Waals surface area contributed by atoms with Gasteiger partial charge in [0.25, 0.3) is 0 Å². The topological polar surface area (TPSA) is 12.0 Å². The van der Waals surface area contributed by atoms with E-state index in [2.05, 4.69) is 140 Å². The molecule has 5 aromatic carbocycles. The quantitative estimate of drug-likeness (QED) is 0.296. The number of hydrogen-bond donors (Lipinski definition) is 1. The van der Waals surface area contributed by atoms with Crippen molar-refractivity contribution in [1.29, 1.82) is 0 Å². The molecule has 0 aliphatic heterocycles. The fourth-order valence-corrected chi connectivity index (χ4v) is 5.31. The minimum Gasteiger partial charge on any atom is -0.354 e. The molecule has 1 heteroatoms. The van der Waals surface area contributed by atoms with Gasteiger partial charge in [-0.2, -0.15) is 0 Å². The Balaban J connectivity index is 1.56. The minimum atomic E-state index is -0.0318. The summed E-state index contributed by atoms with van der Waals surface area (Å²) in [6.45, 7) is 4.68. The van der Waals surface area contributed by atoms with E-state index in [9.17, 15) is 0 Å². The second-order valence-electron chi connectivity index (χ2n) is 9.52. The van der Waals surface area contributed by atoms with E-state index in [1.165, 1.54) is 44.5 Å². The average Bonchev–Trinajstić information content (AvgIpc) is 3.11. The monoisotopic (exact) mass is 437 g/mol. The number of anilines is 2. The summed E-state index contributed by atoms with van der Waals surface area (Å²) in [6, 6.07) is 43.4. The maximum Gasteiger partial charge on any atom is 0.0470 e. The Kier molecular flexibility index (Phi) is 4.85. The fraction of sp³-hybridized carbons (Fsp3) is 0.0909. The first-order valence-corrected chi connectivity index (χ1v) is 11.9. The van der Waals surface area contributed by atoms with Crippen molar-refractivity contribution >= 4 is 11.4 Å². The van der Waals surface area contributed by atoms with Crippen LogP contribution in [0.3, 0.4) is 0 Å². The van der Waals surface area contributed by atoms with Gasteiger partial charge in [0, 0.05) is 27.9 Å². The van der Waals surface area contributed by atoms with Crippen molar-refractivity contribution in [3.05, 3.63) is 132 Å². The lowest BCUT2D eigenvalue weighted by Gasteiger charge is -2.23. The van der Waals surface area contributed by atoms with Gasteiger partial charge in [-0.05, 0) is 51.6 Å². The van der Waals surface area contributed by atoms with Gasteiger partial charge in [-0.3, -0.25) is 0 Å². The number of hydrogen-bond acceptors (Lipinski definition) is 1. The Morgan fingerprint density at radius 2 is 1.00 bits per heavy atom. The molecule has 34 heavy (non-hydrogen) atoms. The van der Waals surface area contributed by atoms with Crippen LogP contribution in [0.15, 0.2) is 121 Å². The summed E-state index contributed by atoms with van der Waals surface area (Å²) in [5, 5.41) is 3.83. The van der Waals surface area contributed by atoms with Crippen LogP contribution in [0, 0.1) is 0 Å². The standard InChI is InChI=1S/C33H27N/c1-33(2)29-19-11-9-18-26(29)28-22-32(27(21-30(28)33)24-15-7-4-8-16-24)34-31-20-12-10-17-25(31)23-13-5-3-6-14-23/h3-22,34H,1-2H3. The molecule has 1 nitrogen and oxygen atoms in total. The van der Waals surface area contributed by atoms with Gasteiger partial charge in [-0.15, -0.1) is 0 Å². The highest BCUT2D eigenvalue weighted by Gasteiger charge is 2.36. The van der Waals surface area contributed by atoms with Crippen LogP contribution in [-0.2, 0) is 5.41 Å². The largest absolute Gasteiger partial charge is 0.354 e. The predicted octanol–water partition coefficient (Wildman–Crippen LogP) is 9.07. The second kappa shape index (κ2) is 8.04. The molecule has 164 valence electrons. The third-order valence-corrected chi connectivity index (χ3v) is 7.09. The van der Waals surface area contributed by atoms with Crippen LogP contribution in [0.5, 0.6) is 0 Å². The zero-order valence-corrected chi connectivity index (χ0v) is 19.5. The van der Waals surface area contributed by atoms with Crippen molar-refractivity contribution in [2.75, 3.05) is 5.32 Å². The van der Waals surface area contributed by atoms with Gasteiger partial charge in [0.1, 0.15) is 0 Å². The van der Waals surface area contributed by atoms with Crippen molar-refractivity contribution < 1.29 is 0 Å². The zero-order chi connectivity index (χ0) is 23.1. The van der Waals surface area contributed by atoms with Crippen LogP contribution in [0.1, 0.15) is 25.0 Å². The molecule has 0 unspecified atom stereocenters. The number of para-hydroxylation sites is 1. The molecule has 1 aliphatic rings. The molecular formula is C33H27N. The summed E-state index contributed by atoms with van der Waals surface area (Å²) in [6.07, 6.45) is 0. The molecular weight excluding hydrogens is 410 g/mol. The van der Waals surface area contributed by atoms with Crippen LogP contribution in [-0.4, -0.2) is 0 Å². The average molecular weight is 438 g/mol. The van der Waals surface area contributed by atoms with Gasteiger partial charge in [-0.1, -0.05) is 117 Å². The third-order valence-electron chi connectivity index (χ3n) is 7.09. The van der Waals surface area contributed by atoms with Crippen molar-refractivity contribution in [3.8, 4) is 33.4 Å². The Labute approximate surface area is 201 Å². The molecule has 0 heterocycles. The van der Waals surface area contributed by atoms with Gasteiger partial charge in [0.2, 0.25) is 0 Å². The number of rotatable bonds is 4. The highest BCUT2D eigenvalue weighted by molar-refractivity contribution is 5.93. The lowest BCUT2D eigenvalue weighted by molar-refractivity contribution is 0.660. The first kappa shape index (κ1) is 20.5. The molecule has 0 spiro atoms. The van der Waals surface area contributed by atoms with E-state index in [-0.39, 0.29) is 5.41 Å². The van der Waals surface area contributed by atoms with Gasteiger partial charge in [0.05, 0.1) is 0 Å². The highest BCUT2D eigenvalue weighted by Crippen LogP contribution is 2.51. The van der Waals surface area contributed by atoms with E-state index in [1.807, 2.05) is 0 Å². The maximum absolute atomic E-state index is 3.83. The van der Waals surface area contributed by atoms with Crippen LogP contribution in [0.4, 0.5) is 11.4 Å². The molecule has 0 bridgehead atoms. The summed E-state index contributed by atoms with van der Waals surface area (Å²) in [5.41, 5.74) is 12.5. The summed E-state index contributed by atoms with van der Waals surface area (Å²) in [7, 11) is 0.